The molecule has 4 nitrogen and oxygen atoms in total. The van der Waals surface area contributed by atoms with Crippen LogP contribution in [0.25, 0.3) is 0 Å². The predicted octanol–water partition coefficient (Wildman–Crippen LogP) is 3.34. The smallest absolute Gasteiger partial charge is 0.121 e. The average molecular weight is 371 g/mol. The van der Waals surface area contributed by atoms with Gasteiger partial charge < -0.3 is 4.74 Å². The van der Waals surface area contributed by atoms with Crippen molar-refractivity contribution in [3.63, 3.8) is 0 Å². The first kappa shape index (κ1) is 16.2. The molecule has 0 spiro atoms. The summed E-state index contributed by atoms with van der Waals surface area (Å²) in [6, 6.07) is 9.30. The van der Waals surface area contributed by atoms with Crippen LogP contribution in [-0.4, -0.2) is 17.1 Å². The molecule has 21 heavy (non-hydrogen) atoms. The van der Waals surface area contributed by atoms with Crippen LogP contribution in [0.1, 0.15) is 12.5 Å². The van der Waals surface area contributed by atoms with Crippen LogP contribution in [0, 0.1) is 0 Å². The van der Waals surface area contributed by atoms with E-state index < -0.39 is 0 Å². The zero-order valence-electron chi connectivity index (χ0n) is 11.6. The lowest BCUT2D eigenvalue weighted by Gasteiger charge is -2.24. The topological polar surface area (TPSA) is 60.2 Å². The zero-order valence-corrected chi connectivity index (χ0v) is 13.9. The van der Waals surface area contributed by atoms with Gasteiger partial charge in [0.05, 0.1) is 6.04 Å². The Labute approximate surface area is 137 Å². The fraction of sp³-hybridized carbons (Fsp3) is 0.267. The minimum atomic E-state index is -0.118. The highest BCUT2D eigenvalue weighted by molar-refractivity contribution is 9.10. The van der Waals surface area contributed by atoms with E-state index in [9.17, 15) is 0 Å². The molecule has 0 aliphatic carbocycles. The van der Waals surface area contributed by atoms with E-state index in [4.69, 9.17) is 22.2 Å². The number of hydrogen-bond acceptors (Lipinski definition) is 4. The lowest BCUT2D eigenvalue weighted by atomic mass is 10.0. The van der Waals surface area contributed by atoms with E-state index in [0.29, 0.717) is 11.4 Å². The first-order valence-corrected chi connectivity index (χ1v) is 7.73. The summed E-state index contributed by atoms with van der Waals surface area (Å²) in [6.07, 6.45) is 4.17. The van der Waals surface area contributed by atoms with Crippen LogP contribution < -0.4 is 16.0 Å². The molecule has 2 aromatic rings. The Kier molecular flexibility index (Phi) is 5.99. The van der Waals surface area contributed by atoms with Crippen molar-refractivity contribution in [2.75, 3.05) is 0 Å². The number of pyridine rings is 1. The molecule has 112 valence electrons. The summed E-state index contributed by atoms with van der Waals surface area (Å²) in [6.45, 7) is 1.97. The number of rotatable bonds is 6. The first-order valence-electron chi connectivity index (χ1n) is 6.56. The second-order valence-corrected chi connectivity index (χ2v) is 6.12. The maximum absolute atomic E-state index is 5.96. The fourth-order valence-electron chi connectivity index (χ4n) is 2.02. The van der Waals surface area contributed by atoms with Gasteiger partial charge in [-0.3, -0.25) is 16.3 Å². The molecule has 2 unspecified atom stereocenters. The van der Waals surface area contributed by atoms with Crippen molar-refractivity contribution in [2.45, 2.75) is 25.5 Å². The van der Waals surface area contributed by atoms with Gasteiger partial charge in [0, 0.05) is 21.9 Å². The number of nitrogens with one attached hydrogen (secondary N) is 1. The molecular formula is C15H17BrClN3O. The van der Waals surface area contributed by atoms with Crippen molar-refractivity contribution in [1.29, 1.82) is 0 Å². The average Bonchev–Trinajstić information content (AvgIpc) is 2.44. The molecule has 3 N–H and O–H groups in total. The summed E-state index contributed by atoms with van der Waals surface area (Å²) in [5.74, 6) is 6.38. The van der Waals surface area contributed by atoms with Crippen LogP contribution in [0.15, 0.2) is 47.2 Å². The summed E-state index contributed by atoms with van der Waals surface area (Å²) < 4.78 is 6.84. The molecule has 1 aromatic heterocycles. The number of hydrazine groups is 1. The summed E-state index contributed by atoms with van der Waals surface area (Å²) >= 11 is 9.37. The van der Waals surface area contributed by atoms with Crippen molar-refractivity contribution in [2.24, 2.45) is 5.84 Å². The van der Waals surface area contributed by atoms with E-state index in [1.165, 1.54) is 0 Å². The summed E-state index contributed by atoms with van der Waals surface area (Å²) in [4.78, 5) is 4.15. The van der Waals surface area contributed by atoms with Gasteiger partial charge in [-0.15, -0.1) is 0 Å². The molecule has 0 saturated carbocycles. The maximum atomic E-state index is 5.96. The molecule has 6 heteroatoms. The van der Waals surface area contributed by atoms with E-state index in [-0.39, 0.29) is 12.1 Å². The predicted molar refractivity (Wildman–Crippen MR) is 88.3 cm³/mol. The number of aromatic nitrogens is 1. The van der Waals surface area contributed by atoms with Gasteiger partial charge in [-0.05, 0) is 59.1 Å². The van der Waals surface area contributed by atoms with Crippen LogP contribution >= 0.6 is 27.5 Å². The highest BCUT2D eigenvalue weighted by atomic mass is 79.9. The van der Waals surface area contributed by atoms with Gasteiger partial charge >= 0.3 is 0 Å². The molecule has 0 amide bonds. The molecule has 1 heterocycles. The summed E-state index contributed by atoms with van der Waals surface area (Å²) in [5.41, 5.74) is 3.88. The monoisotopic (exact) mass is 369 g/mol. The van der Waals surface area contributed by atoms with Gasteiger partial charge in [0.1, 0.15) is 11.9 Å². The van der Waals surface area contributed by atoms with Gasteiger partial charge in [0.25, 0.3) is 0 Å². The van der Waals surface area contributed by atoms with Crippen molar-refractivity contribution in [1.82, 2.24) is 10.4 Å². The van der Waals surface area contributed by atoms with Crippen molar-refractivity contribution >= 4 is 27.5 Å². The SMILES string of the molecule is CC(Oc1cccc(Cl)c1)C(Cc1cncc(Br)c1)NN. The zero-order chi connectivity index (χ0) is 15.2. The third kappa shape index (κ3) is 4.97. The van der Waals surface area contributed by atoms with Gasteiger partial charge in [-0.1, -0.05) is 17.7 Å². The number of nitrogens with two attached hydrogens (primary N) is 1. The van der Waals surface area contributed by atoms with Crippen LogP contribution in [0.3, 0.4) is 0 Å². The lowest BCUT2D eigenvalue weighted by Crippen LogP contribution is -2.46. The number of halogens is 2. The molecule has 2 atom stereocenters. The number of ether oxygens (including phenoxy) is 1. The highest BCUT2D eigenvalue weighted by Crippen LogP contribution is 2.20. The Morgan fingerprint density at radius 2 is 2.19 bits per heavy atom. The molecule has 0 aliphatic rings. The van der Waals surface area contributed by atoms with E-state index in [1.54, 1.807) is 12.3 Å². The van der Waals surface area contributed by atoms with Gasteiger partial charge in [0.2, 0.25) is 0 Å². The van der Waals surface area contributed by atoms with E-state index in [0.717, 1.165) is 15.8 Å². The van der Waals surface area contributed by atoms with Crippen molar-refractivity contribution in [3.05, 3.63) is 57.8 Å². The second kappa shape index (κ2) is 7.75. The Morgan fingerprint density at radius 3 is 2.86 bits per heavy atom. The van der Waals surface area contributed by atoms with E-state index >= 15 is 0 Å². The Morgan fingerprint density at radius 1 is 1.38 bits per heavy atom. The van der Waals surface area contributed by atoms with Gasteiger partial charge in [-0.2, -0.15) is 0 Å². The Bertz CT molecular complexity index is 597. The highest BCUT2D eigenvalue weighted by Gasteiger charge is 2.18. The third-order valence-corrected chi connectivity index (χ3v) is 3.78. The number of nitrogens with zero attached hydrogens (tertiary/aromatic N) is 1. The molecule has 0 saturated heterocycles. The van der Waals surface area contributed by atoms with E-state index in [2.05, 4.69) is 26.3 Å². The van der Waals surface area contributed by atoms with Crippen molar-refractivity contribution < 1.29 is 4.74 Å². The Hall–Kier alpha value is -1.14. The van der Waals surface area contributed by atoms with Crippen molar-refractivity contribution in [3.8, 4) is 5.75 Å². The number of hydrogen-bond donors (Lipinski definition) is 2. The molecule has 0 aliphatic heterocycles. The fourth-order valence-corrected chi connectivity index (χ4v) is 2.61. The van der Waals surface area contributed by atoms with Crippen LogP contribution in [0.2, 0.25) is 5.02 Å². The summed E-state index contributed by atoms with van der Waals surface area (Å²) in [5, 5.41) is 0.646. The van der Waals surface area contributed by atoms with Crippen LogP contribution in [-0.2, 0) is 6.42 Å². The van der Waals surface area contributed by atoms with Gasteiger partial charge in [-0.25, -0.2) is 0 Å². The van der Waals surface area contributed by atoms with Gasteiger partial charge in [0.15, 0.2) is 0 Å². The van der Waals surface area contributed by atoms with Crippen LogP contribution in [0.4, 0.5) is 0 Å². The first-order chi connectivity index (χ1) is 10.1. The normalized spacial score (nSPS) is 13.7. The summed E-state index contributed by atoms with van der Waals surface area (Å²) in [7, 11) is 0. The molecular weight excluding hydrogens is 354 g/mol. The molecule has 2 rings (SSSR count). The second-order valence-electron chi connectivity index (χ2n) is 4.77. The molecule has 0 radical (unpaired) electrons. The Balaban J connectivity index is 2.03. The quantitative estimate of drug-likeness (QED) is 0.605. The standard InChI is InChI=1S/C15H17BrClN3O/c1-10(21-14-4-2-3-13(17)7-14)15(20-18)6-11-5-12(16)9-19-8-11/h2-5,7-10,15,20H,6,18H2,1H3. The van der Waals surface area contributed by atoms with Crippen LogP contribution in [0.5, 0.6) is 5.75 Å². The lowest BCUT2D eigenvalue weighted by molar-refractivity contribution is 0.169. The maximum Gasteiger partial charge on any atom is 0.121 e. The molecule has 0 fully saturated rings. The van der Waals surface area contributed by atoms with E-state index in [1.807, 2.05) is 37.4 Å². The number of benzene rings is 1. The minimum absolute atomic E-state index is 0.0416. The molecule has 0 bridgehead atoms. The largest absolute Gasteiger partial charge is 0.489 e. The third-order valence-electron chi connectivity index (χ3n) is 3.12. The molecule has 1 aromatic carbocycles. The minimum Gasteiger partial charge on any atom is -0.489 e.